The molecule has 0 spiro atoms. The lowest BCUT2D eigenvalue weighted by molar-refractivity contribution is -0.384. The van der Waals surface area contributed by atoms with E-state index in [0.29, 0.717) is 11.4 Å². The van der Waals surface area contributed by atoms with Crippen LogP contribution in [0.15, 0.2) is 64.6 Å². The number of hydrogen-bond acceptors (Lipinski definition) is 8. The monoisotopic (exact) mass is 446 g/mol. The van der Waals surface area contributed by atoms with Crippen LogP contribution in [0.5, 0.6) is 5.75 Å². The SMILES string of the molecule is COc1ccc(NS(=O)(=O)c2ccc(N/N=C/c3ccc(C)s3)c([N+](=O)[O-])c2)cc1. The molecule has 2 N–H and O–H groups in total. The second-order valence-electron chi connectivity index (χ2n) is 6.09. The molecule has 0 unspecified atom stereocenters. The average Bonchev–Trinajstić information content (AvgIpc) is 3.13. The van der Waals surface area contributed by atoms with Gasteiger partial charge in [-0.15, -0.1) is 11.3 Å². The molecule has 2 aromatic carbocycles. The fourth-order valence-electron chi connectivity index (χ4n) is 2.49. The van der Waals surface area contributed by atoms with Crippen molar-refractivity contribution in [2.75, 3.05) is 17.3 Å². The van der Waals surface area contributed by atoms with Gasteiger partial charge in [-0.05, 0) is 55.5 Å². The van der Waals surface area contributed by atoms with Crippen molar-refractivity contribution in [2.24, 2.45) is 5.10 Å². The molecular formula is C19H18N4O5S2. The number of benzene rings is 2. The quantitative estimate of drug-likeness (QED) is 0.303. The van der Waals surface area contributed by atoms with E-state index in [1.54, 1.807) is 12.1 Å². The maximum absolute atomic E-state index is 12.6. The molecule has 0 bridgehead atoms. The van der Waals surface area contributed by atoms with Crippen molar-refractivity contribution in [1.82, 2.24) is 0 Å². The van der Waals surface area contributed by atoms with E-state index in [-0.39, 0.29) is 10.6 Å². The smallest absolute Gasteiger partial charge is 0.295 e. The van der Waals surface area contributed by atoms with Crippen molar-refractivity contribution in [3.63, 3.8) is 0 Å². The largest absolute Gasteiger partial charge is 0.497 e. The summed E-state index contributed by atoms with van der Waals surface area (Å²) in [5.74, 6) is 0.572. The number of thiophene rings is 1. The molecular weight excluding hydrogens is 428 g/mol. The third-order valence-electron chi connectivity index (χ3n) is 3.96. The van der Waals surface area contributed by atoms with Gasteiger partial charge in [0.15, 0.2) is 0 Å². The number of anilines is 2. The van der Waals surface area contributed by atoms with E-state index in [9.17, 15) is 18.5 Å². The zero-order chi connectivity index (χ0) is 21.7. The highest BCUT2D eigenvalue weighted by Gasteiger charge is 2.21. The number of hydrogen-bond donors (Lipinski definition) is 2. The van der Waals surface area contributed by atoms with Gasteiger partial charge in [0, 0.05) is 21.5 Å². The first-order valence-corrected chi connectivity index (χ1v) is 10.9. The zero-order valence-electron chi connectivity index (χ0n) is 16.0. The first kappa shape index (κ1) is 21.3. The summed E-state index contributed by atoms with van der Waals surface area (Å²) in [6, 6.07) is 13.6. The molecule has 0 aliphatic carbocycles. The highest BCUT2D eigenvalue weighted by molar-refractivity contribution is 7.92. The van der Waals surface area contributed by atoms with Gasteiger partial charge < -0.3 is 4.74 Å². The Bertz CT molecular complexity index is 1190. The Hall–Kier alpha value is -3.44. The van der Waals surface area contributed by atoms with Gasteiger partial charge in [-0.25, -0.2) is 8.42 Å². The molecule has 9 nitrogen and oxygen atoms in total. The van der Waals surface area contributed by atoms with E-state index < -0.39 is 20.6 Å². The topological polar surface area (TPSA) is 123 Å². The third kappa shape index (κ3) is 5.13. The van der Waals surface area contributed by atoms with Gasteiger partial charge in [0.25, 0.3) is 15.7 Å². The van der Waals surface area contributed by atoms with Crippen molar-refractivity contribution >= 4 is 44.6 Å². The fraction of sp³-hybridized carbons (Fsp3) is 0.105. The van der Waals surface area contributed by atoms with E-state index in [0.717, 1.165) is 15.8 Å². The van der Waals surface area contributed by atoms with Gasteiger partial charge in [-0.1, -0.05) is 0 Å². The Morgan fingerprint density at radius 2 is 1.87 bits per heavy atom. The lowest BCUT2D eigenvalue weighted by atomic mass is 10.3. The second kappa shape index (κ2) is 8.93. The van der Waals surface area contributed by atoms with E-state index in [1.165, 1.54) is 48.9 Å². The summed E-state index contributed by atoms with van der Waals surface area (Å²) >= 11 is 1.52. The predicted molar refractivity (Wildman–Crippen MR) is 117 cm³/mol. The van der Waals surface area contributed by atoms with Crippen LogP contribution in [-0.2, 0) is 10.0 Å². The summed E-state index contributed by atoms with van der Waals surface area (Å²) in [5.41, 5.74) is 2.57. The molecule has 30 heavy (non-hydrogen) atoms. The van der Waals surface area contributed by atoms with E-state index in [4.69, 9.17) is 4.74 Å². The summed E-state index contributed by atoms with van der Waals surface area (Å²) < 4.78 is 32.7. The number of nitro groups is 1. The molecule has 0 aliphatic rings. The number of ether oxygens (including phenoxy) is 1. The minimum atomic E-state index is -4.03. The molecule has 0 aliphatic heterocycles. The van der Waals surface area contributed by atoms with E-state index >= 15 is 0 Å². The van der Waals surface area contributed by atoms with Crippen LogP contribution in [-0.4, -0.2) is 26.7 Å². The Balaban J connectivity index is 1.82. The van der Waals surface area contributed by atoms with Crippen LogP contribution in [0, 0.1) is 17.0 Å². The number of hydrazone groups is 1. The van der Waals surface area contributed by atoms with Crippen molar-refractivity contribution < 1.29 is 18.1 Å². The van der Waals surface area contributed by atoms with Crippen molar-refractivity contribution in [2.45, 2.75) is 11.8 Å². The predicted octanol–water partition coefficient (Wildman–Crippen LogP) is 4.22. The average molecular weight is 447 g/mol. The molecule has 1 aromatic heterocycles. The standard InChI is InChI=1S/C19H18N4O5S2/c1-13-3-8-16(29-13)12-20-21-18-10-9-17(11-19(18)23(24)25)30(26,27)22-14-4-6-15(28-2)7-5-14/h3-12,21-22H,1-2H3/b20-12+. The molecule has 156 valence electrons. The normalized spacial score (nSPS) is 11.4. The minimum Gasteiger partial charge on any atom is -0.497 e. The van der Waals surface area contributed by atoms with Crippen LogP contribution in [0.25, 0.3) is 0 Å². The summed E-state index contributed by atoms with van der Waals surface area (Å²) in [6.45, 7) is 1.96. The van der Waals surface area contributed by atoms with Crippen LogP contribution in [0.4, 0.5) is 17.1 Å². The summed E-state index contributed by atoms with van der Waals surface area (Å²) in [7, 11) is -2.53. The number of methoxy groups -OCH3 is 1. The van der Waals surface area contributed by atoms with Crippen molar-refractivity contribution in [3.05, 3.63) is 74.5 Å². The molecule has 3 rings (SSSR count). The molecule has 3 aromatic rings. The Kier molecular flexibility index (Phi) is 6.33. The van der Waals surface area contributed by atoms with Crippen molar-refractivity contribution in [3.8, 4) is 5.75 Å². The minimum absolute atomic E-state index is 0.0768. The number of sulfonamides is 1. The molecule has 0 fully saturated rings. The van der Waals surface area contributed by atoms with Gasteiger partial charge in [-0.2, -0.15) is 5.10 Å². The van der Waals surface area contributed by atoms with Crippen LogP contribution in [0.2, 0.25) is 0 Å². The highest BCUT2D eigenvalue weighted by atomic mass is 32.2. The Labute approximate surface area is 177 Å². The molecule has 1 heterocycles. The van der Waals surface area contributed by atoms with Gasteiger partial charge in [0.05, 0.1) is 23.1 Å². The maximum atomic E-state index is 12.6. The van der Waals surface area contributed by atoms with E-state index in [2.05, 4.69) is 15.2 Å². The van der Waals surface area contributed by atoms with Gasteiger partial charge in [0.1, 0.15) is 11.4 Å². The number of aryl methyl sites for hydroxylation is 1. The first-order chi connectivity index (χ1) is 14.3. The molecule has 11 heteroatoms. The molecule has 0 saturated carbocycles. The number of nitro benzene ring substituents is 1. The first-order valence-electron chi connectivity index (χ1n) is 8.59. The number of rotatable bonds is 8. The van der Waals surface area contributed by atoms with E-state index in [1.807, 2.05) is 19.1 Å². The number of nitrogens with one attached hydrogen (secondary N) is 2. The van der Waals surface area contributed by atoms with Crippen LogP contribution in [0.3, 0.4) is 0 Å². The Morgan fingerprint density at radius 3 is 2.47 bits per heavy atom. The Morgan fingerprint density at radius 1 is 1.13 bits per heavy atom. The fourth-order valence-corrected chi connectivity index (χ4v) is 4.31. The summed E-state index contributed by atoms with van der Waals surface area (Å²) in [4.78, 5) is 12.5. The second-order valence-corrected chi connectivity index (χ2v) is 9.09. The molecule has 0 atom stereocenters. The highest BCUT2D eigenvalue weighted by Crippen LogP contribution is 2.29. The lowest BCUT2D eigenvalue weighted by Crippen LogP contribution is -2.13. The van der Waals surface area contributed by atoms with Crippen LogP contribution in [0.1, 0.15) is 9.75 Å². The lowest BCUT2D eigenvalue weighted by Gasteiger charge is -2.10. The summed E-state index contributed by atoms with van der Waals surface area (Å²) in [6.07, 6.45) is 1.54. The van der Waals surface area contributed by atoms with Crippen LogP contribution < -0.4 is 14.9 Å². The molecule has 0 radical (unpaired) electrons. The van der Waals surface area contributed by atoms with Gasteiger partial charge in [0.2, 0.25) is 0 Å². The molecule has 0 saturated heterocycles. The van der Waals surface area contributed by atoms with Gasteiger partial charge in [-0.3, -0.25) is 20.3 Å². The third-order valence-corrected chi connectivity index (χ3v) is 6.27. The zero-order valence-corrected chi connectivity index (χ0v) is 17.7. The molecule has 0 amide bonds. The summed E-state index contributed by atoms with van der Waals surface area (Å²) in [5, 5.41) is 15.5. The number of nitrogens with zero attached hydrogens (tertiary/aromatic N) is 2. The van der Waals surface area contributed by atoms with Gasteiger partial charge >= 0.3 is 0 Å². The maximum Gasteiger partial charge on any atom is 0.295 e. The van der Waals surface area contributed by atoms with Crippen LogP contribution >= 0.6 is 11.3 Å². The van der Waals surface area contributed by atoms with Crippen molar-refractivity contribution in [1.29, 1.82) is 0 Å².